The molecule has 2 aromatic carbocycles. The van der Waals surface area contributed by atoms with Gasteiger partial charge < -0.3 is 0 Å². The number of anilines is 1. The predicted octanol–water partition coefficient (Wildman–Crippen LogP) is 2.13. The maximum atomic E-state index is 13.0. The van der Waals surface area contributed by atoms with Gasteiger partial charge in [0.1, 0.15) is 0 Å². The molecular weight excluding hydrogens is 372 g/mol. The minimum atomic E-state index is -3.84. The first-order valence-corrected chi connectivity index (χ1v) is 10.4. The highest BCUT2D eigenvalue weighted by atomic mass is 35.5. The van der Waals surface area contributed by atoms with Gasteiger partial charge in [-0.2, -0.15) is 0 Å². The zero-order valence-corrected chi connectivity index (χ0v) is 15.1. The number of hydrogen-bond acceptors (Lipinski definition) is 4. The van der Waals surface area contributed by atoms with Gasteiger partial charge in [-0.15, -0.1) is 0 Å². The van der Waals surface area contributed by atoms with E-state index in [1.807, 2.05) is 0 Å². The van der Waals surface area contributed by atoms with E-state index in [0.717, 1.165) is 0 Å². The number of nitrogens with two attached hydrogens (primary N) is 1. The lowest BCUT2D eigenvalue weighted by molar-refractivity contribution is 0.584. The second-order valence-electron chi connectivity index (χ2n) is 5.65. The molecule has 1 aliphatic heterocycles. The van der Waals surface area contributed by atoms with Gasteiger partial charge in [0.05, 0.1) is 15.5 Å². The van der Waals surface area contributed by atoms with Crippen molar-refractivity contribution in [1.29, 1.82) is 0 Å². The highest BCUT2D eigenvalue weighted by Crippen LogP contribution is 2.38. The van der Waals surface area contributed by atoms with Gasteiger partial charge >= 0.3 is 0 Å². The van der Waals surface area contributed by atoms with Crippen LogP contribution in [0.25, 0.3) is 0 Å². The number of fused-ring (bicyclic) bond motifs is 1. The number of hydrogen-bond donors (Lipinski definition) is 1. The van der Waals surface area contributed by atoms with Gasteiger partial charge in [-0.25, -0.2) is 22.0 Å². The first-order chi connectivity index (χ1) is 11.1. The number of nitrogens with zero attached hydrogens (tertiary/aromatic N) is 1. The Bertz CT molecular complexity index is 1020. The SMILES string of the molecule is CC1Cc2cc(S(N)(=O)=O)ccc2N1S(=O)(=O)c1cccc(Cl)c1. The van der Waals surface area contributed by atoms with E-state index in [1.165, 1.54) is 34.6 Å². The molecule has 0 aromatic heterocycles. The van der Waals surface area contributed by atoms with Crippen molar-refractivity contribution in [2.45, 2.75) is 29.2 Å². The van der Waals surface area contributed by atoms with Gasteiger partial charge in [0, 0.05) is 11.1 Å². The molecule has 0 amide bonds. The molecule has 2 N–H and O–H groups in total. The van der Waals surface area contributed by atoms with E-state index in [9.17, 15) is 16.8 Å². The second kappa shape index (κ2) is 5.73. The molecule has 0 bridgehead atoms. The molecule has 6 nitrogen and oxygen atoms in total. The van der Waals surface area contributed by atoms with Crippen molar-refractivity contribution in [1.82, 2.24) is 0 Å². The van der Waals surface area contributed by atoms with Crippen LogP contribution in [0.2, 0.25) is 5.02 Å². The van der Waals surface area contributed by atoms with E-state index in [-0.39, 0.29) is 15.8 Å². The van der Waals surface area contributed by atoms with Gasteiger partial charge in [-0.05, 0) is 55.3 Å². The maximum absolute atomic E-state index is 13.0. The van der Waals surface area contributed by atoms with E-state index in [1.54, 1.807) is 19.1 Å². The largest absolute Gasteiger partial charge is 0.264 e. The van der Waals surface area contributed by atoms with Crippen LogP contribution in [0.4, 0.5) is 5.69 Å². The molecule has 0 spiro atoms. The Hall–Kier alpha value is -1.61. The lowest BCUT2D eigenvalue weighted by Gasteiger charge is -2.24. The Labute approximate surface area is 146 Å². The van der Waals surface area contributed by atoms with Crippen LogP contribution in [0.15, 0.2) is 52.3 Å². The summed E-state index contributed by atoms with van der Waals surface area (Å²) < 4.78 is 50.2. The zero-order chi connectivity index (χ0) is 17.7. The third-order valence-electron chi connectivity index (χ3n) is 3.89. The molecule has 9 heteroatoms. The minimum Gasteiger partial charge on any atom is -0.263 e. The molecule has 0 aliphatic carbocycles. The van der Waals surface area contributed by atoms with Crippen molar-refractivity contribution in [3.63, 3.8) is 0 Å². The normalized spacial score (nSPS) is 17.8. The third-order valence-corrected chi connectivity index (χ3v) is 6.96. The Morgan fingerprint density at radius 3 is 2.42 bits per heavy atom. The standard InChI is InChI=1S/C15H15ClN2O4S2/c1-10-7-11-8-13(23(17,19)20)5-6-15(11)18(10)24(21,22)14-4-2-3-12(16)9-14/h2-6,8-10H,7H2,1H3,(H2,17,19,20). The molecule has 3 rings (SSSR count). The first kappa shape index (κ1) is 17.2. The molecular formula is C15H15ClN2O4S2. The van der Waals surface area contributed by atoms with Crippen molar-refractivity contribution >= 4 is 37.3 Å². The van der Waals surface area contributed by atoms with Gasteiger partial charge in [-0.1, -0.05) is 17.7 Å². The quantitative estimate of drug-likeness (QED) is 0.873. The molecule has 1 atom stereocenters. The summed E-state index contributed by atoms with van der Waals surface area (Å²) in [5.41, 5.74) is 1.08. The lowest BCUT2D eigenvalue weighted by atomic mass is 10.1. The van der Waals surface area contributed by atoms with Gasteiger partial charge in [-0.3, -0.25) is 4.31 Å². The number of benzene rings is 2. The van der Waals surface area contributed by atoms with Crippen LogP contribution in [0.3, 0.4) is 0 Å². The summed E-state index contributed by atoms with van der Waals surface area (Å²) >= 11 is 5.90. The monoisotopic (exact) mass is 386 g/mol. The van der Waals surface area contributed by atoms with Crippen LogP contribution in [0.1, 0.15) is 12.5 Å². The van der Waals surface area contributed by atoms with Crippen LogP contribution < -0.4 is 9.44 Å². The van der Waals surface area contributed by atoms with Crippen molar-refractivity contribution in [3.8, 4) is 0 Å². The summed E-state index contributed by atoms with van der Waals surface area (Å²) in [6.07, 6.45) is 0.401. The van der Waals surface area contributed by atoms with Crippen LogP contribution in [-0.4, -0.2) is 22.9 Å². The fourth-order valence-corrected chi connectivity index (χ4v) is 5.42. The highest BCUT2D eigenvalue weighted by molar-refractivity contribution is 7.93. The predicted molar refractivity (Wildman–Crippen MR) is 92.1 cm³/mol. The van der Waals surface area contributed by atoms with Crippen molar-refractivity contribution in [3.05, 3.63) is 53.1 Å². The number of sulfonamides is 2. The third kappa shape index (κ3) is 2.90. The molecule has 1 unspecified atom stereocenters. The molecule has 1 aliphatic rings. The molecule has 0 radical (unpaired) electrons. The first-order valence-electron chi connectivity index (χ1n) is 7.06. The number of halogens is 1. The number of primary sulfonamides is 1. The summed E-state index contributed by atoms with van der Waals surface area (Å²) in [7, 11) is -7.64. The summed E-state index contributed by atoms with van der Waals surface area (Å²) in [4.78, 5) is 0.0562. The van der Waals surface area contributed by atoms with Crippen molar-refractivity contribution in [2.75, 3.05) is 4.31 Å². The Morgan fingerprint density at radius 2 is 1.79 bits per heavy atom. The van der Waals surface area contributed by atoms with E-state index in [2.05, 4.69) is 0 Å². The Balaban J connectivity index is 2.12. The summed E-state index contributed by atoms with van der Waals surface area (Å²) in [6, 6.07) is 9.90. The number of rotatable bonds is 3. The van der Waals surface area contributed by atoms with Gasteiger partial charge in [0.2, 0.25) is 10.0 Å². The summed E-state index contributed by atoms with van der Waals surface area (Å²) in [5.74, 6) is 0. The van der Waals surface area contributed by atoms with Crippen LogP contribution in [0, 0.1) is 0 Å². The molecule has 0 fully saturated rings. The van der Waals surface area contributed by atoms with E-state index in [0.29, 0.717) is 22.7 Å². The summed E-state index contributed by atoms with van der Waals surface area (Å²) in [5, 5.41) is 5.47. The van der Waals surface area contributed by atoms with Crippen LogP contribution in [-0.2, 0) is 26.5 Å². The molecule has 0 saturated heterocycles. The smallest absolute Gasteiger partial charge is 0.263 e. The fraction of sp³-hybridized carbons (Fsp3) is 0.200. The zero-order valence-electron chi connectivity index (χ0n) is 12.7. The molecule has 1 heterocycles. The highest BCUT2D eigenvalue weighted by Gasteiger charge is 2.36. The fourth-order valence-electron chi connectivity index (χ4n) is 2.86. The van der Waals surface area contributed by atoms with Gasteiger partial charge in [0.15, 0.2) is 0 Å². The van der Waals surface area contributed by atoms with E-state index < -0.39 is 20.0 Å². The summed E-state index contributed by atoms with van der Waals surface area (Å²) in [6.45, 7) is 1.76. The molecule has 128 valence electrons. The van der Waals surface area contributed by atoms with Crippen molar-refractivity contribution < 1.29 is 16.8 Å². The van der Waals surface area contributed by atoms with Crippen molar-refractivity contribution in [2.24, 2.45) is 5.14 Å². The van der Waals surface area contributed by atoms with E-state index in [4.69, 9.17) is 16.7 Å². The average Bonchev–Trinajstić information content (AvgIpc) is 2.81. The molecule has 0 saturated carbocycles. The Morgan fingerprint density at radius 1 is 1.08 bits per heavy atom. The van der Waals surface area contributed by atoms with E-state index >= 15 is 0 Å². The Kier molecular flexibility index (Phi) is 4.11. The minimum absolute atomic E-state index is 0.0320. The van der Waals surface area contributed by atoms with Gasteiger partial charge in [0.25, 0.3) is 10.0 Å². The van der Waals surface area contributed by atoms with Crippen LogP contribution in [0.5, 0.6) is 0 Å². The maximum Gasteiger partial charge on any atom is 0.264 e. The van der Waals surface area contributed by atoms with Crippen LogP contribution >= 0.6 is 11.6 Å². The molecule has 2 aromatic rings. The topological polar surface area (TPSA) is 97.5 Å². The second-order valence-corrected chi connectivity index (χ2v) is 9.46. The average molecular weight is 387 g/mol. The molecule has 24 heavy (non-hydrogen) atoms. The lowest BCUT2D eigenvalue weighted by Crippen LogP contribution is -2.35.